The number of benzene rings is 1. The smallest absolute Gasteiger partial charge is 0.257 e. The van der Waals surface area contributed by atoms with E-state index in [1.807, 2.05) is 24.3 Å². The van der Waals surface area contributed by atoms with Crippen molar-refractivity contribution >= 4 is 17.4 Å². The molecule has 4 heteroatoms. The SMILES string of the molecule is CCCc1ccccc1NC(=O)c1ccc(NC)nc1. The van der Waals surface area contributed by atoms with Gasteiger partial charge in [0.25, 0.3) is 5.91 Å². The molecule has 4 nitrogen and oxygen atoms in total. The molecular weight excluding hydrogens is 250 g/mol. The fourth-order valence-corrected chi connectivity index (χ4v) is 2.00. The van der Waals surface area contributed by atoms with Crippen LogP contribution < -0.4 is 10.6 Å². The van der Waals surface area contributed by atoms with Gasteiger partial charge in [0.2, 0.25) is 0 Å². The van der Waals surface area contributed by atoms with Crippen LogP contribution in [0.15, 0.2) is 42.6 Å². The minimum Gasteiger partial charge on any atom is -0.373 e. The molecule has 0 fully saturated rings. The van der Waals surface area contributed by atoms with Crippen molar-refractivity contribution in [1.82, 2.24) is 4.98 Å². The Balaban J connectivity index is 2.14. The second-order valence-corrected chi connectivity index (χ2v) is 4.54. The van der Waals surface area contributed by atoms with Crippen molar-refractivity contribution in [3.63, 3.8) is 0 Å². The minimum atomic E-state index is -0.135. The van der Waals surface area contributed by atoms with Gasteiger partial charge in [-0.1, -0.05) is 31.5 Å². The molecule has 0 aliphatic rings. The maximum atomic E-state index is 12.2. The van der Waals surface area contributed by atoms with Gasteiger partial charge in [0.1, 0.15) is 5.82 Å². The summed E-state index contributed by atoms with van der Waals surface area (Å²) in [6.07, 6.45) is 3.57. The maximum Gasteiger partial charge on any atom is 0.257 e. The highest BCUT2D eigenvalue weighted by molar-refractivity contribution is 6.04. The van der Waals surface area contributed by atoms with Crippen molar-refractivity contribution in [2.75, 3.05) is 17.7 Å². The number of anilines is 2. The molecule has 0 saturated heterocycles. The second-order valence-electron chi connectivity index (χ2n) is 4.54. The molecule has 0 radical (unpaired) electrons. The Bertz CT molecular complexity index is 579. The Labute approximate surface area is 119 Å². The van der Waals surface area contributed by atoms with Crippen molar-refractivity contribution in [1.29, 1.82) is 0 Å². The zero-order chi connectivity index (χ0) is 14.4. The van der Waals surface area contributed by atoms with E-state index in [4.69, 9.17) is 0 Å². The molecule has 0 aliphatic heterocycles. The molecule has 0 saturated carbocycles. The zero-order valence-electron chi connectivity index (χ0n) is 11.8. The van der Waals surface area contributed by atoms with Crippen molar-refractivity contribution in [2.24, 2.45) is 0 Å². The van der Waals surface area contributed by atoms with Gasteiger partial charge in [-0.3, -0.25) is 4.79 Å². The summed E-state index contributed by atoms with van der Waals surface area (Å²) in [6.45, 7) is 2.12. The minimum absolute atomic E-state index is 0.135. The Morgan fingerprint density at radius 2 is 2.00 bits per heavy atom. The Kier molecular flexibility index (Phi) is 4.71. The zero-order valence-corrected chi connectivity index (χ0v) is 11.8. The van der Waals surface area contributed by atoms with E-state index in [1.54, 1.807) is 25.4 Å². The van der Waals surface area contributed by atoms with Crippen LogP contribution in [-0.2, 0) is 6.42 Å². The third-order valence-corrected chi connectivity index (χ3v) is 3.07. The normalized spacial score (nSPS) is 10.1. The van der Waals surface area contributed by atoms with Crippen molar-refractivity contribution < 1.29 is 4.79 Å². The van der Waals surface area contributed by atoms with E-state index in [0.717, 1.165) is 29.9 Å². The van der Waals surface area contributed by atoms with Crippen LogP contribution in [0.25, 0.3) is 0 Å². The first-order chi connectivity index (χ1) is 9.74. The van der Waals surface area contributed by atoms with Gasteiger partial charge in [0, 0.05) is 18.9 Å². The standard InChI is InChI=1S/C16H19N3O/c1-3-6-12-7-4-5-8-14(12)19-16(20)13-9-10-15(17-2)18-11-13/h4-5,7-11H,3,6H2,1-2H3,(H,17,18)(H,19,20). The highest BCUT2D eigenvalue weighted by Gasteiger charge is 2.09. The molecule has 20 heavy (non-hydrogen) atoms. The summed E-state index contributed by atoms with van der Waals surface area (Å²) >= 11 is 0. The molecule has 104 valence electrons. The molecule has 1 heterocycles. The Morgan fingerprint density at radius 3 is 2.65 bits per heavy atom. The Morgan fingerprint density at radius 1 is 1.20 bits per heavy atom. The van der Waals surface area contributed by atoms with Gasteiger partial charge in [-0.25, -0.2) is 4.98 Å². The molecule has 0 unspecified atom stereocenters. The van der Waals surface area contributed by atoms with E-state index in [1.165, 1.54) is 0 Å². The molecule has 2 rings (SSSR count). The van der Waals surface area contributed by atoms with Gasteiger partial charge in [0.15, 0.2) is 0 Å². The summed E-state index contributed by atoms with van der Waals surface area (Å²) in [5.41, 5.74) is 2.58. The van der Waals surface area contributed by atoms with Gasteiger partial charge in [-0.2, -0.15) is 0 Å². The number of aromatic nitrogens is 1. The molecule has 2 aromatic rings. The van der Waals surface area contributed by atoms with Gasteiger partial charge in [-0.05, 0) is 30.2 Å². The molecule has 1 amide bonds. The average molecular weight is 269 g/mol. The number of aryl methyl sites for hydroxylation is 1. The van der Waals surface area contributed by atoms with Crippen molar-refractivity contribution in [3.05, 3.63) is 53.7 Å². The largest absolute Gasteiger partial charge is 0.373 e. The lowest BCUT2D eigenvalue weighted by atomic mass is 10.1. The van der Waals surface area contributed by atoms with Crippen LogP contribution in [0.4, 0.5) is 11.5 Å². The Hall–Kier alpha value is -2.36. The van der Waals surface area contributed by atoms with Gasteiger partial charge in [-0.15, -0.1) is 0 Å². The van der Waals surface area contributed by atoms with E-state index in [0.29, 0.717) is 5.56 Å². The van der Waals surface area contributed by atoms with Crippen LogP contribution in [-0.4, -0.2) is 17.9 Å². The third-order valence-electron chi connectivity index (χ3n) is 3.07. The predicted octanol–water partition coefficient (Wildman–Crippen LogP) is 3.33. The first-order valence-electron chi connectivity index (χ1n) is 6.77. The average Bonchev–Trinajstić information content (AvgIpc) is 2.49. The highest BCUT2D eigenvalue weighted by atomic mass is 16.1. The lowest BCUT2D eigenvalue weighted by Crippen LogP contribution is -2.13. The third kappa shape index (κ3) is 3.35. The molecule has 1 aromatic heterocycles. The molecule has 0 spiro atoms. The van der Waals surface area contributed by atoms with E-state index >= 15 is 0 Å². The van der Waals surface area contributed by atoms with E-state index in [-0.39, 0.29) is 5.91 Å². The summed E-state index contributed by atoms with van der Waals surface area (Å²) in [5, 5.41) is 5.88. The first kappa shape index (κ1) is 14.1. The van der Waals surface area contributed by atoms with Crippen LogP contribution in [0.1, 0.15) is 29.3 Å². The van der Waals surface area contributed by atoms with Gasteiger partial charge < -0.3 is 10.6 Å². The predicted molar refractivity (Wildman–Crippen MR) is 82.2 cm³/mol. The molecule has 2 N–H and O–H groups in total. The summed E-state index contributed by atoms with van der Waals surface area (Å²) in [4.78, 5) is 16.3. The van der Waals surface area contributed by atoms with Crippen molar-refractivity contribution in [3.8, 4) is 0 Å². The first-order valence-corrected chi connectivity index (χ1v) is 6.77. The maximum absolute atomic E-state index is 12.2. The summed E-state index contributed by atoms with van der Waals surface area (Å²) in [7, 11) is 1.79. The van der Waals surface area contributed by atoms with Crippen molar-refractivity contribution in [2.45, 2.75) is 19.8 Å². The number of nitrogens with zero attached hydrogens (tertiary/aromatic N) is 1. The fraction of sp³-hybridized carbons (Fsp3) is 0.250. The topological polar surface area (TPSA) is 54.0 Å². The number of para-hydroxylation sites is 1. The lowest BCUT2D eigenvalue weighted by molar-refractivity contribution is 0.102. The number of rotatable bonds is 5. The van der Waals surface area contributed by atoms with Gasteiger partial charge in [0.05, 0.1) is 5.56 Å². The number of hydrogen-bond donors (Lipinski definition) is 2. The lowest BCUT2D eigenvalue weighted by Gasteiger charge is -2.10. The number of carbonyl (C=O) groups is 1. The molecule has 0 atom stereocenters. The molecule has 0 bridgehead atoms. The van der Waals surface area contributed by atoms with Crippen LogP contribution in [0.3, 0.4) is 0 Å². The molecule has 0 aliphatic carbocycles. The summed E-state index contributed by atoms with van der Waals surface area (Å²) in [6, 6.07) is 11.4. The monoisotopic (exact) mass is 269 g/mol. The van der Waals surface area contributed by atoms with E-state index in [9.17, 15) is 4.79 Å². The second kappa shape index (κ2) is 6.70. The number of nitrogens with one attached hydrogen (secondary N) is 2. The fourth-order valence-electron chi connectivity index (χ4n) is 2.00. The molecule has 1 aromatic carbocycles. The van der Waals surface area contributed by atoms with Gasteiger partial charge >= 0.3 is 0 Å². The van der Waals surface area contributed by atoms with Crippen LogP contribution in [0, 0.1) is 0 Å². The molecular formula is C16H19N3O. The van der Waals surface area contributed by atoms with E-state index < -0.39 is 0 Å². The summed E-state index contributed by atoms with van der Waals surface area (Å²) in [5.74, 6) is 0.608. The number of hydrogen-bond acceptors (Lipinski definition) is 3. The number of carbonyl (C=O) groups excluding carboxylic acids is 1. The number of amides is 1. The van der Waals surface area contributed by atoms with Crippen LogP contribution in [0.5, 0.6) is 0 Å². The summed E-state index contributed by atoms with van der Waals surface area (Å²) < 4.78 is 0. The number of pyridine rings is 1. The van der Waals surface area contributed by atoms with Crippen LogP contribution in [0.2, 0.25) is 0 Å². The highest BCUT2D eigenvalue weighted by Crippen LogP contribution is 2.18. The van der Waals surface area contributed by atoms with Crippen LogP contribution >= 0.6 is 0 Å². The van der Waals surface area contributed by atoms with E-state index in [2.05, 4.69) is 22.5 Å². The quantitative estimate of drug-likeness (QED) is 0.875.